The van der Waals surface area contributed by atoms with E-state index in [-0.39, 0.29) is 54.9 Å². The summed E-state index contributed by atoms with van der Waals surface area (Å²) in [5.41, 5.74) is 0.842. The first kappa shape index (κ1) is 23.2. The van der Waals surface area contributed by atoms with Gasteiger partial charge in [-0.3, -0.25) is 14.4 Å². The second-order valence-corrected chi connectivity index (χ2v) is 10.2. The van der Waals surface area contributed by atoms with Crippen molar-refractivity contribution >= 4 is 33.1 Å². The fourth-order valence-electron chi connectivity index (χ4n) is 3.36. The van der Waals surface area contributed by atoms with Gasteiger partial charge in [0, 0.05) is 50.3 Å². The van der Waals surface area contributed by atoms with E-state index in [0.717, 1.165) is 0 Å². The predicted molar refractivity (Wildman–Crippen MR) is 116 cm³/mol. The fraction of sp³-hybridized carbons (Fsp3) is 0.450. The Balaban J connectivity index is 1.51. The van der Waals surface area contributed by atoms with Crippen LogP contribution in [0.5, 0.6) is 5.75 Å². The number of nitrogens with one attached hydrogen (secondary N) is 1. The number of rotatable bonds is 8. The molecule has 0 spiro atoms. The first-order chi connectivity index (χ1) is 14.7. The van der Waals surface area contributed by atoms with Crippen molar-refractivity contribution in [3.8, 4) is 5.75 Å². The Kier molecular flexibility index (Phi) is 7.29. The summed E-state index contributed by atoms with van der Waals surface area (Å²) in [6, 6.07) is 6.81. The number of ketones is 1. The molecule has 1 aromatic heterocycles. The van der Waals surface area contributed by atoms with Crippen LogP contribution in [0.3, 0.4) is 0 Å². The van der Waals surface area contributed by atoms with Crippen molar-refractivity contribution in [2.24, 2.45) is 0 Å². The Morgan fingerprint density at radius 1 is 1.10 bits per heavy atom. The third-order valence-electron chi connectivity index (χ3n) is 5.00. The number of sulfonamides is 1. The van der Waals surface area contributed by atoms with Crippen LogP contribution in [0.2, 0.25) is 0 Å². The number of benzene rings is 1. The van der Waals surface area contributed by atoms with Crippen molar-refractivity contribution in [1.29, 1.82) is 0 Å². The molecule has 11 heteroatoms. The maximum Gasteiger partial charge on any atom is 0.305 e. The van der Waals surface area contributed by atoms with Crippen molar-refractivity contribution in [3.05, 3.63) is 45.2 Å². The number of aromatic nitrogens is 1. The van der Waals surface area contributed by atoms with Crippen molar-refractivity contribution in [1.82, 2.24) is 14.2 Å². The van der Waals surface area contributed by atoms with E-state index in [4.69, 9.17) is 4.74 Å². The lowest BCUT2D eigenvalue weighted by Gasteiger charge is -2.33. The minimum absolute atomic E-state index is 0.0122. The number of H-pyrrole nitrogens is 1. The molecule has 1 aromatic carbocycles. The first-order valence-electron chi connectivity index (χ1n) is 9.96. The zero-order valence-corrected chi connectivity index (χ0v) is 19.1. The van der Waals surface area contributed by atoms with Crippen LogP contribution in [0, 0.1) is 6.92 Å². The molecule has 2 heterocycles. The number of hydrogen-bond acceptors (Lipinski definition) is 7. The van der Waals surface area contributed by atoms with Crippen LogP contribution in [0.15, 0.2) is 33.3 Å². The number of thiazole rings is 1. The highest BCUT2D eigenvalue weighted by molar-refractivity contribution is 7.91. The third kappa shape index (κ3) is 5.41. The highest BCUT2D eigenvalue weighted by Gasteiger charge is 2.32. The molecule has 1 fully saturated rings. The average molecular weight is 468 g/mol. The number of carbonyl (C=O) groups is 2. The molecule has 9 nitrogen and oxygen atoms in total. The van der Waals surface area contributed by atoms with Gasteiger partial charge in [-0.05, 0) is 38.1 Å². The van der Waals surface area contributed by atoms with Crippen molar-refractivity contribution in [2.75, 3.05) is 32.8 Å². The number of aromatic amines is 1. The first-order valence-corrected chi connectivity index (χ1v) is 12.2. The van der Waals surface area contributed by atoms with Gasteiger partial charge in [0.25, 0.3) is 10.0 Å². The van der Waals surface area contributed by atoms with Gasteiger partial charge in [0.05, 0.1) is 6.61 Å². The molecule has 0 atom stereocenters. The van der Waals surface area contributed by atoms with Gasteiger partial charge in [0.2, 0.25) is 5.91 Å². The molecule has 1 saturated heterocycles. The number of Topliss-reactive ketones (excluding diaryl/α,β-unsaturated/α-hetero) is 1. The minimum atomic E-state index is -3.77. The summed E-state index contributed by atoms with van der Waals surface area (Å²) in [6.07, 6.45) is 0.152. The summed E-state index contributed by atoms with van der Waals surface area (Å²) >= 11 is 0.668. The summed E-state index contributed by atoms with van der Waals surface area (Å²) in [5, 5.41) is 0. The van der Waals surface area contributed by atoms with E-state index >= 15 is 0 Å². The van der Waals surface area contributed by atoms with Gasteiger partial charge in [0.1, 0.15) is 5.75 Å². The van der Waals surface area contributed by atoms with Crippen LogP contribution in [0.1, 0.15) is 35.8 Å². The number of carbonyl (C=O) groups excluding carboxylic acids is 2. The summed E-state index contributed by atoms with van der Waals surface area (Å²) in [6.45, 7) is 4.75. The van der Waals surface area contributed by atoms with Gasteiger partial charge < -0.3 is 14.6 Å². The number of ether oxygens (including phenoxy) is 1. The Hall–Kier alpha value is -2.50. The molecule has 1 aliphatic heterocycles. The molecule has 0 bridgehead atoms. The van der Waals surface area contributed by atoms with Gasteiger partial charge in [-0.2, -0.15) is 4.31 Å². The molecule has 0 radical (unpaired) electrons. The summed E-state index contributed by atoms with van der Waals surface area (Å²) in [5.74, 6) is 0.374. The van der Waals surface area contributed by atoms with Gasteiger partial charge in [-0.25, -0.2) is 8.42 Å². The largest absolute Gasteiger partial charge is 0.494 e. The molecule has 0 saturated carbocycles. The molecule has 168 valence electrons. The number of piperazine rings is 1. The number of amides is 1. The number of aryl methyl sites for hydroxylation is 1. The van der Waals surface area contributed by atoms with Crippen molar-refractivity contribution in [2.45, 2.75) is 30.9 Å². The summed E-state index contributed by atoms with van der Waals surface area (Å²) in [7, 11) is -3.77. The predicted octanol–water partition coefficient (Wildman–Crippen LogP) is 1.64. The molecule has 31 heavy (non-hydrogen) atoms. The van der Waals surface area contributed by atoms with E-state index in [2.05, 4.69) is 4.98 Å². The maximum absolute atomic E-state index is 12.8. The van der Waals surface area contributed by atoms with Crippen LogP contribution in [-0.4, -0.2) is 67.1 Å². The second-order valence-electron chi connectivity index (χ2n) is 7.09. The number of hydrogen-bond donors (Lipinski definition) is 1. The molecule has 1 N–H and O–H groups in total. The molecule has 1 amide bonds. The Labute approximate surface area is 184 Å². The summed E-state index contributed by atoms with van der Waals surface area (Å²) < 4.78 is 32.2. The van der Waals surface area contributed by atoms with Gasteiger partial charge in [-0.1, -0.05) is 11.3 Å². The van der Waals surface area contributed by atoms with E-state index in [1.165, 1.54) is 4.31 Å². The van der Waals surface area contributed by atoms with Crippen LogP contribution < -0.4 is 9.61 Å². The SMILES string of the molecule is CCOc1ccc(C(=O)CCC(=O)N2CCN(S(=O)(=O)c3sc(=O)[nH]c3C)CC2)cc1. The van der Waals surface area contributed by atoms with Crippen LogP contribution in [0.25, 0.3) is 0 Å². The van der Waals surface area contributed by atoms with Crippen molar-refractivity contribution < 1.29 is 22.7 Å². The normalized spacial score (nSPS) is 15.1. The highest BCUT2D eigenvalue weighted by Crippen LogP contribution is 2.22. The molecular weight excluding hydrogens is 442 g/mol. The standard InChI is InChI=1S/C20H25N3O6S2/c1-3-29-16-6-4-15(5-7-16)17(24)8-9-18(25)22-10-12-23(13-11-22)31(27,28)19-14(2)21-20(26)30-19/h4-7H,3,8-13H2,1-2H3,(H,21,26). The molecule has 0 unspecified atom stereocenters. The summed E-state index contributed by atoms with van der Waals surface area (Å²) in [4.78, 5) is 39.9. The second kappa shape index (κ2) is 9.75. The lowest BCUT2D eigenvalue weighted by atomic mass is 10.1. The van der Waals surface area contributed by atoms with Crippen LogP contribution in [0.4, 0.5) is 0 Å². The molecule has 1 aliphatic rings. The Bertz CT molecular complexity index is 1100. The highest BCUT2D eigenvalue weighted by atomic mass is 32.2. The van der Waals surface area contributed by atoms with Crippen molar-refractivity contribution in [3.63, 3.8) is 0 Å². The average Bonchev–Trinajstić information content (AvgIpc) is 3.11. The fourth-order valence-corrected chi connectivity index (χ4v) is 6.22. The van der Waals surface area contributed by atoms with E-state index in [1.54, 1.807) is 36.1 Å². The van der Waals surface area contributed by atoms with Gasteiger partial charge in [0.15, 0.2) is 9.99 Å². The molecular formula is C20H25N3O6S2. The third-order valence-corrected chi connectivity index (χ3v) is 8.48. The molecule has 3 rings (SSSR count). The topological polar surface area (TPSA) is 117 Å². The lowest BCUT2D eigenvalue weighted by Crippen LogP contribution is -2.50. The van der Waals surface area contributed by atoms with Crippen LogP contribution >= 0.6 is 11.3 Å². The Morgan fingerprint density at radius 3 is 2.29 bits per heavy atom. The zero-order valence-electron chi connectivity index (χ0n) is 17.4. The maximum atomic E-state index is 12.8. The van der Waals surface area contributed by atoms with Gasteiger partial charge in [-0.15, -0.1) is 0 Å². The smallest absolute Gasteiger partial charge is 0.305 e. The molecule has 2 aromatic rings. The van der Waals surface area contributed by atoms with E-state index in [1.807, 2.05) is 6.92 Å². The van der Waals surface area contributed by atoms with E-state index < -0.39 is 14.9 Å². The molecule has 0 aliphatic carbocycles. The van der Waals surface area contributed by atoms with E-state index in [9.17, 15) is 22.8 Å². The Morgan fingerprint density at radius 2 is 1.74 bits per heavy atom. The zero-order chi connectivity index (χ0) is 22.6. The minimum Gasteiger partial charge on any atom is -0.494 e. The monoisotopic (exact) mass is 467 g/mol. The van der Waals surface area contributed by atoms with Crippen LogP contribution in [-0.2, 0) is 14.8 Å². The quantitative estimate of drug-likeness (QED) is 0.590. The lowest BCUT2D eigenvalue weighted by molar-refractivity contribution is -0.132. The van der Waals surface area contributed by atoms with Gasteiger partial charge >= 0.3 is 4.87 Å². The van der Waals surface area contributed by atoms with E-state index in [0.29, 0.717) is 35.0 Å². The number of nitrogens with zero attached hydrogens (tertiary/aromatic N) is 2.